The summed E-state index contributed by atoms with van der Waals surface area (Å²) in [6.45, 7) is -3.24. The van der Waals surface area contributed by atoms with Gasteiger partial charge in [0.2, 0.25) is 6.49 Å². The largest absolute Gasteiger partial charge is 0.247 e. The summed E-state index contributed by atoms with van der Waals surface area (Å²) in [5, 5.41) is 15.9. The summed E-state index contributed by atoms with van der Waals surface area (Å²) >= 11 is 19.3. The van der Waals surface area contributed by atoms with E-state index in [-0.39, 0.29) is 0 Å². The van der Waals surface area contributed by atoms with Crippen molar-refractivity contribution >= 4 is 98.2 Å². The van der Waals surface area contributed by atoms with Gasteiger partial charge in [0.1, 0.15) is 0 Å². The molecule has 53 heavy (non-hydrogen) atoms. The fraction of sp³-hybridized carbons (Fsp3) is 0.0500. The molecule has 0 aliphatic heterocycles. The summed E-state index contributed by atoms with van der Waals surface area (Å²) in [6.07, 6.45) is 3.50. The molecule has 0 saturated carbocycles. The van der Waals surface area contributed by atoms with Gasteiger partial charge in [-0.15, -0.1) is 0 Å². The van der Waals surface area contributed by atoms with Gasteiger partial charge in [-0.25, -0.2) is 9.56 Å². The Morgan fingerprint density at radius 1 is 0.472 bits per heavy atom. The minimum Gasteiger partial charge on any atom is -0.247 e. The van der Waals surface area contributed by atoms with E-state index in [1.165, 1.54) is 9.56 Å². The molecule has 0 aliphatic rings. The van der Waals surface area contributed by atoms with Crippen molar-refractivity contribution in [1.29, 1.82) is 0 Å². The highest BCUT2D eigenvalue weighted by Crippen LogP contribution is 2.54. The molecule has 0 aliphatic carbocycles. The maximum atomic E-state index is 9.72. The zero-order valence-corrected chi connectivity index (χ0v) is 34.2. The first-order valence-electron chi connectivity index (χ1n) is 16.6. The van der Waals surface area contributed by atoms with Crippen LogP contribution in [0.15, 0.2) is 185 Å². The smallest absolute Gasteiger partial charge is 0.242 e. The molecule has 0 fully saturated rings. The van der Waals surface area contributed by atoms with Crippen molar-refractivity contribution in [2.24, 2.45) is 15.1 Å². The zero-order valence-electron chi connectivity index (χ0n) is 29.0. The van der Waals surface area contributed by atoms with Gasteiger partial charge in [-0.05, 0) is 43.4 Å². The highest BCUT2D eigenvalue weighted by atomic mass is 32.5. The maximum absolute atomic E-state index is 9.72. The van der Waals surface area contributed by atoms with Gasteiger partial charge in [0, 0.05) is 52.8 Å². The summed E-state index contributed by atoms with van der Waals surface area (Å²) in [7, 11) is 3.42. The summed E-state index contributed by atoms with van der Waals surface area (Å²) in [5.41, 5.74) is 11.4. The van der Waals surface area contributed by atoms with Gasteiger partial charge in [0.25, 0.3) is 0 Å². The van der Waals surface area contributed by atoms with Crippen molar-refractivity contribution in [2.45, 2.75) is 0 Å². The molecule has 6 aromatic rings. The van der Waals surface area contributed by atoms with Gasteiger partial charge < -0.3 is 0 Å². The van der Waals surface area contributed by atoms with Crippen LogP contribution in [0.5, 0.6) is 0 Å². The molecule has 6 aromatic carbocycles. The molecule has 6 rings (SSSR count). The zero-order chi connectivity index (χ0) is 37.3. The van der Waals surface area contributed by atoms with E-state index in [2.05, 4.69) is 70.5 Å². The topological polar surface area (TPSA) is 80.0 Å². The van der Waals surface area contributed by atoms with E-state index in [1.54, 1.807) is 26.5 Å². The lowest BCUT2D eigenvalue weighted by Gasteiger charge is -2.31. The summed E-state index contributed by atoms with van der Waals surface area (Å²) in [6, 6.07) is 52.1. The normalized spacial score (nSPS) is 12.0. The second-order valence-electron chi connectivity index (χ2n) is 11.8. The molecule has 13 heteroatoms. The SMILES string of the molecule is CN(/N=C/c1ccccc1P(=S)(c1ccccc1)c1ccccc1)P(=S)(N=[N+]=[N-])N(C)/N=C/c1ccccc1P(=S)(c1ccccc1)c1ccccc1. The first-order chi connectivity index (χ1) is 25.7. The number of hydrogen-bond acceptors (Lipinski definition) is 5. The third-order valence-electron chi connectivity index (χ3n) is 8.67. The molecule has 0 saturated heterocycles. The van der Waals surface area contributed by atoms with Crippen LogP contribution in [0.1, 0.15) is 11.1 Å². The van der Waals surface area contributed by atoms with Crippen LogP contribution < -0.4 is 31.8 Å². The highest BCUT2D eigenvalue weighted by Gasteiger charge is 2.30. The van der Waals surface area contributed by atoms with Crippen molar-refractivity contribution < 1.29 is 0 Å². The van der Waals surface area contributed by atoms with Crippen LogP contribution in [0.25, 0.3) is 10.4 Å². The van der Waals surface area contributed by atoms with E-state index in [4.69, 9.17) is 45.6 Å². The van der Waals surface area contributed by atoms with Gasteiger partial charge in [-0.1, -0.05) is 193 Å². The maximum Gasteiger partial charge on any atom is 0.242 e. The Morgan fingerprint density at radius 2 is 0.755 bits per heavy atom. The second kappa shape index (κ2) is 17.1. The number of azide groups is 1. The molecule has 0 aromatic heterocycles. The van der Waals surface area contributed by atoms with Crippen molar-refractivity contribution in [1.82, 2.24) is 9.56 Å². The quantitative estimate of drug-likeness (QED) is 0.0296. The molecule has 0 bridgehead atoms. The first-order valence-corrected chi connectivity index (χ1v) is 24.8. The Balaban J connectivity index is 1.35. The minimum atomic E-state index is -3.24. The fourth-order valence-electron chi connectivity index (χ4n) is 5.95. The van der Waals surface area contributed by atoms with E-state index in [0.717, 1.165) is 43.0 Å². The van der Waals surface area contributed by atoms with Gasteiger partial charge in [0.15, 0.2) is 0 Å². The number of nitrogens with zero attached hydrogens (tertiary/aromatic N) is 7. The van der Waals surface area contributed by atoms with Gasteiger partial charge in [0.05, 0.1) is 12.4 Å². The lowest BCUT2D eigenvalue weighted by atomic mass is 10.2. The van der Waals surface area contributed by atoms with E-state index in [9.17, 15) is 5.53 Å². The molecule has 0 atom stereocenters. The molecule has 0 heterocycles. The lowest BCUT2D eigenvalue weighted by molar-refractivity contribution is 0.498. The van der Waals surface area contributed by atoms with Crippen LogP contribution in [0.2, 0.25) is 0 Å². The number of hydrogen-bond donors (Lipinski definition) is 0. The highest BCUT2D eigenvalue weighted by molar-refractivity contribution is 8.26. The third kappa shape index (κ3) is 7.92. The predicted octanol–water partition coefficient (Wildman–Crippen LogP) is 7.96. The standard InChI is InChI=1S/C40H36N7P3S3/c1-46(42-31-33-19-15-17-29-39(33)48(51,35-21-7-3-8-22-35)36-23-9-4-10-24-36)50(53,45-44-41)47(2)43-32-34-20-16-18-30-40(34)49(52,37-25-11-5-12-26-37)38-27-13-6-14-28-38/h3-32H,1-2H3/b42-31+,43-32+. The van der Waals surface area contributed by atoms with Crippen molar-refractivity contribution in [2.75, 3.05) is 14.1 Å². The second-order valence-corrected chi connectivity index (χ2v) is 24.4. The third-order valence-corrected chi connectivity index (χ3v) is 22.3. The molecular formula is C40H36N7P3S3. The Morgan fingerprint density at radius 3 is 1.06 bits per heavy atom. The first kappa shape index (κ1) is 38.3. The van der Waals surface area contributed by atoms with E-state index < -0.39 is 18.6 Å². The van der Waals surface area contributed by atoms with Crippen LogP contribution in [0.3, 0.4) is 0 Å². The number of rotatable bonds is 13. The van der Waals surface area contributed by atoms with Crippen LogP contribution in [-0.2, 0) is 35.4 Å². The lowest BCUT2D eigenvalue weighted by Crippen LogP contribution is -2.27. The van der Waals surface area contributed by atoms with Crippen LogP contribution in [0.4, 0.5) is 0 Å². The Bertz CT molecular complexity index is 2190. The van der Waals surface area contributed by atoms with E-state index in [0.29, 0.717) is 0 Å². The minimum absolute atomic E-state index is 0.852. The van der Waals surface area contributed by atoms with E-state index in [1.807, 2.05) is 109 Å². The average molecular weight is 804 g/mol. The van der Waals surface area contributed by atoms with E-state index >= 15 is 0 Å². The Hall–Kier alpha value is -4.48. The molecular weight excluding hydrogens is 768 g/mol. The molecule has 0 spiro atoms. The fourth-order valence-corrected chi connectivity index (χ4v) is 15.5. The number of hydrazone groups is 2. The Kier molecular flexibility index (Phi) is 12.4. The molecule has 0 amide bonds. The summed E-state index contributed by atoms with van der Waals surface area (Å²) in [5.74, 6) is 0. The monoisotopic (exact) mass is 803 g/mol. The van der Waals surface area contributed by atoms with Crippen molar-refractivity contribution in [3.8, 4) is 0 Å². The molecule has 264 valence electrons. The van der Waals surface area contributed by atoms with Crippen molar-refractivity contribution in [3.05, 3.63) is 191 Å². The average Bonchev–Trinajstić information content (AvgIpc) is 3.22. The molecule has 0 radical (unpaired) electrons. The number of benzene rings is 6. The summed E-state index contributed by atoms with van der Waals surface area (Å²) in [4.78, 5) is 7.27. The van der Waals surface area contributed by atoms with Gasteiger partial charge in [-0.3, -0.25) is 0 Å². The van der Waals surface area contributed by atoms with Crippen LogP contribution in [-0.4, -0.2) is 36.1 Å². The van der Waals surface area contributed by atoms with Gasteiger partial charge in [-0.2, -0.15) is 10.2 Å². The van der Waals surface area contributed by atoms with Gasteiger partial charge >= 0.3 is 0 Å². The molecule has 7 nitrogen and oxygen atoms in total. The van der Waals surface area contributed by atoms with Crippen LogP contribution >= 0.6 is 18.6 Å². The summed E-state index contributed by atoms with van der Waals surface area (Å²) < 4.78 is 3.07. The van der Waals surface area contributed by atoms with Crippen LogP contribution in [0, 0.1) is 0 Å². The van der Waals surface area contributed by atoms with Crippen molar-refractivity contribution in [3.63, 3.8) is 0 Å². The molecule has 0 unspecified atom stereocenters. The molecule has 0 N–H and O–H groups in total. The predicted molar refractivity (Wildman–Crippen MR) is 239 cm³/mol. The Labute approximate surface area is 326 Å².